The molecule has 1 aliphatic rings. The molecule has 3 rings (SSSR count). The Kier molecular flexibility index (Phi) is 8.68. The molecular weight excluding hydrogens is 384 g/mol. The Labute approximate surface area is 175 Å². The van der Waals surface area contributed by atoms with Crippen LogP contribution in [0.3, 0.4) is 0 Å². The van der Waals surface area contributed by atoms with E-state index in [-0.39, 0.29) is 22.6 Å². The molecule has 1 fully saturated rings. The van der Waals surface area contributed by atoms with E-state index < -0.39 is 4.92 Å². The van der Waals surface area contributed by atoms with E-state index in [9.17, 15) is 20.2 Å². The van der Waals surface area contributed by atoms with Crippen molar-refractivity contribution in [1.29, 1.82) is 5.41 Å². The van der Waals surface area contributed by atoms with Crippen LogP contribution in [0.2, 0.25) is 0 Å². The Morgan fingerprint density at radius 2 is 1.73 bits per heavy atom. The van der Waals surface area contributed by atoms with Crippen LogP contribution >= 0.6 is 0 Å². The first-order valence-corrected chi connectivity index (χ1v) is 9.82. The maximum absolute atomic E-state index is 11.1. The summed E-state index contributed by atoms with van der Waals surface area (Å²) in [5.41, 5.74) is 1.76. The minimum absolute atomic E-state index is 0.0278. The lowest BCUT2D eigenvalue weighted by atomic mass is 9.89. The zero-order valence-electron chi connectivity index (χ0n) is 16.9. The highest BCUT2D eigenvalue weighted by atomic mass is 16.6. The first kappa shape index (κ1) is 22.7. The van der Waals surface area contributed by atoms with E-state index in [1.807, 2.05) is 37.3 Å². The molecule has 158 valence electrons. The number of nitro groups is 2. The van der Waals surface area contributed by atoms with Crippen molar-refractivity contribution in [3.8, 4) is 0 Å². The predicted molar refractivity (Wildman–Crippen MR) is 117 cm³/mol. The smallest absolute Gasteiger partial charge is 0.272 e. The van der Waals surface area contributed by atoms with Crippen molar-refractivity contribution in [1.82, 2.24) is 5.32 Å². The van der Waals surface area contributed by atoms with E-state index in [2.05, 4.69) is 5.32 Å². The lowest BCUT2D eigenvalue weighted by Crippen LogP contribution is -2.36. The topological polar surface area (TPSA) is 122 Å². The minimum Gasteiger partial charge on any atom is -0.371 e. The quantitative estimate of drug-likeness (QED) is 0.522. The Morgan fingerprint density at radius 3 is 2.40 bits per heavy atom. The molecule has 2 atom stereocenters. The molecular formula is C22H26N4O4. The van der Waals surface area contributed by atoms with E-state index in [1.165, 1.54) is 6.08 Å². The summed E-state index contributed by atoms with van der Waals surface area (Å²) in [7, 11) is 0. The fourth-order valence-electron chi connectivity index (χ4n) is 3.38. The monoisotopic (exact) mass is 410 g/mol. The molecule has 0 aromatic heterocycles. The van der Waals surface area contributed by atoms with Gasteiger partial charge in [-0.15, -0.1) is 0 Å². The third kappa shape index (κ3) is 7.12. The summed E-state index contributed by atoms with van der Waals surface area (Å²) < 4.78 is 0. The standard InChI is InChI=1S/C14H19N3O2.C8H7NO2/c1-10(12-7-3-5-9-14(15)16-12)11-6-2-4-8-13(11)17(18)19;10-9(11)7-6-8-4-2-1-3-5-8/h2,4,6,8,10,12H,3,5,7,9H2,1H3,(H2,15,16);1-7H/b;7-6+. The second-order valence-corrected chi connectivity index (χ2v) is 7.09. The molecule has 0 radical (unpaired) electrons. The lowest BCUT2D eigenvalue weighted by Gasteiger charge is -2.24. The molecule has 30 heavy (non-hydrogen) atoms. The maximum atomic E-state index is 11.1. The summed E-state index contributed by atoms with van der Waals surface area (Å²) in [5.74, 6) is 0.577. The molecule has 2 N–H and O–H groups in total. The number of rotatable bonds is 5. The first-order valence-electron chi connectivity index (χ1n) is 9.82. The highest BCUT2D eigenvalue weighted by Gasteiger charge is 2.26. The van der Waals surface area contributed by atoms with Gasteiger partial charge in [-0.3, -0.25) is 25.6 Å². The summed E-state index contributed by atoms with van der Waals surface area (Å²) in [4.78, 5) is 20.2. The van der Waals surface area contributed by atoms with Crippen LogP contribution in [0.1, 0.15) is 49.7 Å². The van der Waals surface area contributed by atoms with Gasteiger partial charge in [-0.2, -0.15) is 0 Å². The summed E-state index contributed by atoms with van der Waals surface area (Å²) >= 11 is 0. The Morgan fingerprint density at radius 1 is 1.07 bits per heavy atom. The fourth-order valence-corrected chi connectivity index (χ4v) is 3.38. The third-order valence-corrected chi connectivity index (χ3v) is 4.97. The van der Waals surface area contributed by atoms with Gasteiger partial charge < -0.3 is 5.32 Å². The first-order chi connectivity index (χ1) is 14.4. The van der Waals surface area contributed by atoms with Gasteiger partial charge in [-0.05, 0) is 18.4 Å². The molecule has 0 spiro atoms. The van der Waals surface area contributed by atoms with Crippen molar-refractivity contribution in [2.75, 3.05) is 0 Å². The van der Waals surface area contributed by atoms with Crippen LogP contribution in [0.4, 0.5) is 5.69 Å². The Hall–Kier alpha value is -3.55. The lowest BCUT2D eigenvalue weighted by molar-refractivity contribution is -0.400. The summed E-state index contributed by atoms with van der Waals surface area (Å²) in [6, 6.07) is 16.1. The highest BCUT2D eigenvalue weighted by Crippen LogP contribution is 2.31. The van der Waals surface area contributed by atoms with Crippen LogP contribution in [0, 0.1) is 25.6 Å². The number of benzene rings is 2. The Balaban J connectivity index is 0.000000248. The van der Waals surface area contributed by atoms with Gasteiger partial charge in [-0.25, -0.2) is 0 Å². The van der Waals surface area contributed by atoms with E-state index in [0.29, 0.717) is 5.84 Å². The van der Waals surface area contributed by atoms with Crippen molar-refractivity contribution in [2.24, 2.45) is 0 Å². The zero-order chi connectivity index (χ0) is 21.9. The van der Waals surface area contributed by atoms with Gasteiger partial charge >= 0.3 is 0 Å². The number of nitrogens with one attached hydrogen (secondary N) is 2. The number of hydrogen-bond acceptors (Lipinski definition) is 5. The molecule has 0 saturated carbocycles. The number of hydrogen-bond donors (Lipinski definition) is 2. The number of nitro benzene ring substituents is 1. The molecule has 0 amide bonds. The summed E-state index contributed by atoms with van der Waals surface area (Å²) in [6.07, 6.45) is 6.20. The van der Waals surface area contributed by atoms with Gasteiger partial charge in [0.15, 0.2) is 0 Å². The van der Waals surface area contributed by atoms with Crippen LogP contribution in [-0.2, 0) is 0 Å². The largest absolute Gasteiger partial charge is 0.371 e. The van der Waals surface area contributed by atoms with Crippen molar-refractivity contribution >= 4 is 17.6 Å². The van der Waals surface area contributed by atoms with Crippen molar-refractivity contribution in [2.45, 2.75) is 44.6 Å². The third-order valence-electron chi connectivity index (χ3n) is 4.97. The highest BCUT2D eigenvalue weighted by molar-refractivity contribution is 5.79. The van der Waals surface area contributed by atoms with Crippen molar-refractivity contribution < 1.29 is 9.85 Å². The van der Waals surface area contributed by atoms with Gasteiger partial charge in [0.25, 0.3) is 5.69 Å². The number of para-hydroxylation sites is 1. The van der Waals surface area contributed by atoms with Crippen LogP contribution in [-0.4, -0.2) is 21.7 Å². The number of nitrogens with zero attached hydrogens (tertiary/aromatic N) is 2. The molecule has 2 unspecified atom stereocenters. The maximum Gasteiger partial charge on any atom is 0.272 e. The molecule has 0 aliphatic carbocycles. The van der Waals surface area contributed by atoms with E-state index in [4.69, 9.17) is 5.41 Å². The van der Waals surface area contributed by atoms with Gasteiger partial charge in [0.1, 0.15) is 0 Å². The normalized spacial score (nSPS) is 17.2. The SMILES string of the molecule is CC(c1ccccc1[N+](=O)[O-])C1CCCCC(=N)N1.O=[N+]([O-])/C=C/c1ccccc1. The van der Waals surface area contributed by atoms with Crippen LogP contribution in [0.5, 0.6) is 0 Å². The van der Waals surface area contributed by atoms with Crippen LogP contribution < -0.4 is 5.32 Å². The second-order valence-electron chi connectivity index (χ2n) is 7.09. The zero-order valence-corrected chi connectivity index (χ0v) is 16.9. The van der Waals surface area contributed by atoms with Gasteiger partial charge in [-0.1, -0.05) is 61.9 Å². The number of amidine groups is 1. The van der Waals surface area contributed by atoms with Gasteiger partial charge in [0.2, 0.25) is 6.20 Å². The average Bonchev–Trinajstić information content (AvgIpc) is 2.97. The molecule has 1 saturated heterocycles. The second kappa shape index (κ2) is 11.5. The van der Waals surface area contributed by atoms with E-state index in [1.54, 1.807) is 24.3 Å². The molecule has 8 nitrogen and oxygen atoms in total. The van der Waals surface area contributed by atoms with E-state index >= 15 is 0 Å². The fraction of sp³-hybridized carbons (Fsp3) is 0.318. The van der Waals surface area contributed by atoms with Crippen LogP contribution in [0.15, 0.2) is 60.8 Å². The Bertz CT molecular complexity index is 899. The molecule has 1 aliphatic heterocycles. The molecule has 2 aromatic carbocycles. The van der Waals surface area contributed by atoms with Crippen molar-refractivity contribution in [3.63, 3.8) is 0 Å². The van der Waals surface area contributed by atoms with Crippen LogP contribution in [0.25, 0.3) is 6.08 Å². The van der Waals surface area contributed by atoms with Gasteiger partial charge in [0, 0.05) is 36.1 Å². The molecule has 2 aromatic rings. The molecule has 8 heteroatoms. The minimum atomic E-state index is -0.479. The average molecular weight is 410 g/mol. The summed E-state index contributed by atoms with van der Waals surface area (Å²) in [5, 5.41) is 32.0. The van der Waals surface area contributed by atoms with E-state index in [0.717, 1.165) is 43.0 Å². The molecule has 0 bridgehead atoms. The van der Waals surface area contributed by atoms with Gasteiger partial charge in [0.05, 0.1) is 15.7 Å². The molecule has 1 heterocycles. The summed E-state index contributed by atoms with van der Waals surface area (Å²) in [6.45, 7) is 2.00. The predicted octanol–water partition coefficient (Wildman–Crippen LogP) is 5.14. The van der Waals surface area contributed by atoms with Crippen molar-refractivity contribution in [3.05, 3.63) is 92.2 Å².